The highest BCUT2D eigenvalue weighted by Crippen LogP contribution is 2.32. The van der Waals surface area contributed by atoms with Crippen molar-refractivity contribution in [1.29, 1.82) is 0 Å². The average Bonchev–Trinajstić information content (AvgIpc) is 3.18. The number of aromatic nitrogens is 1. The fraction of sp³-hybridized carbons (Fsp3) is 0.167. The van der Waals surface area contributed by atoms with Crippen LogP contribution in [0.3, 0.4) is 0 Å². The first-order valence-corrected chi connectivity index (χ1v) is 9.38. The molecule has 4 nitrogen and oxygen atoms in total. The molecule has 0 aliphatic carbocycles. The molecule has 3 aromatic carbocycles. The Hall–Kier alpha value is -3.08. The van der Waals surface area contributed by atoms with Crippen molar-refractivity contribution in [2.45, 2.75) is 18.8 Å². The van der Waals surface area contributed by atoms with Gasteiger partial charge in [0.2, 0.25) is 0 Å². The Kier molecular flexibility index (Phi) is 5.42. The maximum Gasteiger partial charge on any atom is 0.129 e. The lowest BCUT2D eigenvalue weighted by Gasteiger charge is -2.25. The number of fused-ring (bicyclic) bond motifs is 1. The number of ether oxygens (including phenoxy) is 1. The molecule has 142 valence electrons. The van der Waals surface area contributed by atoms with Gasteiger partial charge < -0.3 is 19.5 Å². The van der Waals surface area contributed by atoms with E-state index in [1.54, 1.807) is 0 Å². The minimum atomic E-state index is -0.910. The van der Waals surface area contributed by atoms with Crippen LogP contribution in [-0.2, 0) is 6.61 Å². The van der Waals surface area contributed by atoms with Crippen molar-refractivity contribution >= 4 is 10.9 Å². The summed E-state index contributed by atoms with van der Waals surface area (Å²) < 4.78 is 8.07. The molecule has 0 fully saturated rings. The molecule has 0 unspecified atom stereocenters. The Morgan fingerprint density at radius 1 is 0.821 bits per heavy atom. The van der Waals surface area contributed by atoms with Crippen molar-refractivity contribution in [3.8, 4) is 5.75 Å². The zero-order valence-electron chi connectivity index (χ0n) is 15.5. The molecule has 28 heavy (non-hydrogen) atoms. The highest BCUT2D eigenvalue weighted by Gasteiger charge is 2.24. The lowest BCUT2D eigenvalue weighted by molar-refractivity contribution is 0.0654. The fourth-order valence-corrected chi connectivity index (χ4v) is 3.58. The summed E-state index contributed by atoms with van der Waals surface area (Å²) in [6.45, 7) is 0.177. The zero-order chi connectivity index (χ0) is 19.3. The summed E-state index contributed by atoms with van der Waals surface area (Å²) in [7, 11) is 0. The fourth-order valence-electron chi connectivity index (χ4n) is 3.58. The van der Waals surface area contributed by atoms with Gasteiger partial charge in [0.05, 0.1) is 18.2 Å². The third-order valence-electron chi connectivity index (χ3n) is 4.95. The topological polar surface area (TPSA) is 54.6 Å². The number of benzene rings is 3. The molecule has 2 atom stereocenters. The van der Waals surface area contributed by atoms with Crippen LogP contribution in [-0.4, -0.2) is 27.5 Å². The molecule has 4 heteroatoms. The quantitative estimate of drug-likeness (QED) is 0.511. The van der Waals surface area contributed by atoms with Gasteiger partial charge in [-0.2, -0.15) is 0 Å². The Labute approximate surface area is 164 Å². The number of nitrogens with zero attached hydrogens (tertiary/aromatic N) is 1. The summed E-state index contributed by atoms with van der Waals surface area (Å²) in [6, 6.07) is 27.3. The van der Waals surface area contributed by atoms with Gasteiger partial charge >= 0.3 is 0 Å². The normalized spacial score (nSPS) is 13.4. The van der Waals surface area contributed by atoms with Crippen LogP contribution in [0.4, 0.5) is 0 Å². The first-order valence-electron chi connectivity index (χ1n) is 9.38. The summed E-state index contributed by atoms with van der Waals surface area (Å²) in [5.74, 6) is 0.797. The molecule has 0 aliphatic heterocycles. The van der Waals surface area contributed by atoms with Crippen molar-refractivity contribution in [3.05, 3.63) is 102 Å². The third-order valence-corrected chi connectivity index (χ3v) is 4.95. The Morgan fingerprint density at radius 3 is 2.25 bits per heavy atom. The van der Waals surface area contributed by atoms with Crippen molar-refractivity contribution in [2.75, 3.05) is 6.61 Å². The summed E-state index contributed by atoms with van der Waals surface area (Å²) >= 11 is 0. The lowest BCUT2D eigenvalue weighted by Crippen LogP contribution is -2.27. The lowest BCUT2D eigenvalue weighted by atomic mass is 10.0. The van der Waals surface area contributed by atoms with Crippen LogP contribution >= 0.6 is 0 Å². The van der Waals surface area contributed by atoms with Crippen molar-refractivity contribution in [3.63, 3.8) is 0 Å². The van der Waals surface area contributed by atoms with Gasteiger partial charge in [0.25, 0.3) is 0 Å². The monoisotopic (exact) mass is 373 g/mol. The number of hydrogen-bond donors (Lipinski definition) is 2. The Balaban J connectivity index is 1.70. The van der Waals surface area contributed by atoms with Gasteiger partial charge in [-0.15, -0.1) is 0 Å². The largest absolute Gasteiger partial charge is 0.488 e. The van der Waals surface area contributed by atoms with E-state index in [1.165, 1.54) is 0 Å². The molecule has 0 aliphatic rings. The van der Waals surface area contributed by atoms with Gasteiger partial charge in [-0.1, -0.05) is 66.7 Å². The van der Waals surface area contributed by atoms with Crippen LogP contribution in [0.25, 0.3) is 10.9 Å². The predicted molar refractivity (Wildman–Crippen MR) is 110 cm³/mol. The molecule has 0 saturated carbocycles. The molecule has 0 amide bonds. The van der Waals surface area contributed by atoms with E-state index in [9.17, 15) is 10.2 Å². The van der Waals surface area contributed by atoms with E-state index in [-0.39, 0.29) is 12.6 Å². The molecule has 1 aromatic heterocycles. The average molecular weight is 373 g/mol. The van der Waals surface area contributed by atoms with Gasteiger partial charge in [0.1, 0.15) is 18.5 Å². The third kappa shape index (κ3) is 3.65. The molecule has 2 N–H and O–H groups in total. The van der Waals surface area contributed by atoms with Crippen LogP contribution in [0.2, 0.25) is 0 Å². The van der Waals surface area contributed by atoms with Crippen molar-refractivity contribution in [2.24, 2.45) is 0 Å². The van der Waals surface area contributed by atoms with E-state index in [0.717, 1.165) is 27.8 Å². The smallest absolute Gasteiger partial charge is 0.129 e. The molecule has 0 bridgehead atoms. The number of aliphatic hydroxyl groups excluding tert-OH is 2. The van der Waals surface area contributed by atoms with E-state index in [1.807, 2.05) is 95.7 Å². The molecule has 0 radical (unpaired) electrons. The van der Waals surface area contributed by atoms with Gasteiger partial charge in [-0.3, -0.25) is 0 Å². The highest BCUT2D eigenvalue weighted by molar-refractivity contribution is 5.86. The van der Waals surface area contributed by atoms with Gasteiger partial charge in [0.15, 0.2) is 0 Å². The van der Waals surface area contributed by atoms with Gasteiger partial charge in [0, 0.05) is 11.6 Å². The predicted octanol–water partition coefficient (Wildman–Crippen LogP) is 4.16. The maximum atomic E-state index is 10.5. The second-order valence-corrected chi connectivity index (χ2v) is 6.79. The van der Waals surface area contributed by atoms with Crippen LogP contribution in [0.1, 0.15) is 17.2 Å². The van der Waals surface area contributed by atoms with Gasteiger partial charge in [-0.25, -0.2) is 0 Å². The van der Waals surface area contributed by atoms with Crippen LogP contribution in [0.15, 0.2) is 91.1 Å². The van der Waals surface area contributed by atoms with Gasteiger partial charge in [-0.05, 0) is 29.3 Å². The Bertz CT molecular complexity index is 1030. The second kappa shape index (κ2) is 8.30. The molecular weight excluding hydrogens is 350 g/mol. The minimum absolute atomic E-state index is 0.316. The molecule has 4 aromatic rings. The molecular formula is C24H23NO3. The number of aliphatic hydroxyl groups is 2. The first-order chi connectivity index (χ1) is 13.8. The van der Waals surface area contributed by atoms with E-state index in [0.29, 0.717) is 6.61 Å². The van der Waals surface area contributed by atoms with Crippen molar-refractivity contribution < 1.29 is 14.9 Å². The summed E-state index contributed by atoms with van der Waals surface area (Å²) in [6.07, 6.45) is 1.03. The molecule has 0 saturated heterocycles. The van der Waals surface area contributed by atoms with Crippen LogP contribution < -0.4 is 4.74 Å². The summed E-state index contributed by atoms with van der Waals surface area (Å²) in [4.78, 5) is 0. The van der Waals surface area contributed by atoms with E-state index in [2.05, 4.69) is 0 Å². The second-order valence-electron chi connectivity index (χ2n) is 6.79. The van der Waals surface area contributed by atoms with E-state index >= 15 is 0 Å². The maximum absolute atomic E-state index is 10.5. The highest BCUT2D eigenvalue weighted by atomic mass is 16.5. The van der Waals surface area contributed by atoms with Crippen LogP contribution in [0.5, 0.6) is 5.75 Å². The van der Waals surface area contributed by atoms with E-state index in [4.69, 9.17) is 4.74 Å². The Morgan fingerprint density at radius 2 is 1.54 bits per heavy atom. The summed E-state index contributed by atoms with van der Waals surface area (Å²) in [5.41, 5.74) is 3.00. The SMILES string of the molecule is OC[C@@H](O)[C@H](c1ccccc1)n1ccc2c(OCc3ccccc3)cccc21. The molecule has 0 spiro atoms. The number of hydrogen-bond acceptors (Lipinski definition) is 3. The molecule has 4 rings (SSSR count). The summed E-state index contributed by atoms with van der Waals surface area (Å²) in [5, 5.41) is 21.1. The van der Waals surface area contributed by atoms with Crippen molar-refractivity contribution in [1.82, 2.24) is 4.57 Å². The van der Waals surface area contributed by atoms with E-state index < -0.39 is 6.10 Å². The minimum Gasteiger partial charge on any atom is -0.488 e. The zero-order valence-corrected chi connectivity index (χ0v) is 15.5. The van der Waals surface area contributed by atoms with Crippen LogP contribution in [0, 0.1) is 0 Å². The number of rotatable bonds is 7. The standard InChI is InChI=1S/C24H23NO3/c26-16-22(27)24(19-10-5-2-6-11-19)25-15-14-20-21(25)12-7-13-23(20)28-17-18-8-3-1-4-9-18/h1-15,22,24,26-27H,16-17H2/t22-,24+/m1/s1. The molecule has 1 heterocycles. The first kappa shape index (κ1) is 18.3.